The summed E-state index contributed by atoms with van der Waals surface area (Å²) >= 11 is 0. The third-order valence-corrected chi connectivity index (χ3v) is 2.61. The summed E-state index contributed by atoms with van der Waals surface area (Å²) in [6, 6.07) is 10.3. The molecule has 2 N–H and O–H groups in total. The molecule has 1 saturated carbocycles. The highest BCUT2D eigenvalue weighted by Gasteiger charge is 2.24. The van der Waals surface area contributed by atoms with Crippen LogP contribution in [0.4, 0.5) is 5.69 Å². The summed E-state index contributed by atoms with van der Waals surface area (Å²) in [6.45, 7) is 0. The molecule has 0 amide bonds. The third kappa shape index (κ3) is 2.01. The Labute approximate surface area is 78.6 Å². The van der Waals surface area contributed by atoms with E-state index < -0.39 is 0 Å². The number of aliphatic hydroxyl groups is 1. The van der Waals surface area contributed by atoms with Crippen LogP contribution in [0.5, 0.6) is 0 Å². The fourth-order valence-electron chi connectivity index (χ4n) is 1.86. The average Bonchev–Trinajstić information content (AvgIpc) is 2.54. The smallest absolute Gasteiger partial charge is 0.0741 e. The molecule has 0 spiro atoms. The Balaban J connectivity index is 1.98. The van der Waals surface area contributed by atoms with E-state index >= 15 is 0 Å². The molecule has 1 fully saturated rings. The van der Waals surface area contributed by atoms with Crippen LogP contribution >= 0.6 is 0 Å². The van der Waals surface area contributed by atoms with Crippen molar-refractivity contribution in [3.05, 3.63) is 30.3 Å². The van der Waals surface area contributed by atoms with Gasteiger partial charge in [-0.2, -0.15) is 0 Å². The molecule has 13 heavy (non-hydrogen) atoms. The lowest BCUT2D eigenvalue weighted by molar-refractivity contribution is 0.172. The van der Waals surface area contributed by atoms with E-state index in [-0.39, 0.29) is 12.1 Å². The first kappa shape index (κ1) is 8.57. The van der Waals surface area contributed by atoms with Gasteiger partial charge in [0.25, 0.3) is 0 Å². The lowest BCUT2D eigenvalue weighted by atomic mass is 10.2. The van der Waals surface area contributed by atoms with Crippen LogP contribution in [-0.4, -0.2) is 17.3 Å². The molecule has 1 aromatic rings. The second kappa shape index (κ2) is 3.79. The van der Waals surface area contributed by atoms with Crippen LogP contribution in [0.25, 0.3) is 0 Å². The number of aliphatic hydroxyl groups excluding tert-OH is 1. The quantitative estimate of drug-likeness (QED) is 0.724. The molecule has 70 valence electrons. The monoisotopic (exact) mass is 177 g/mol. The molecule has 0 radical (unpaired) electrons. The number of para-hydroxylation sites is 1. The molecule has 0 aliphatic heterocycles. The molecule has 0 aromatic heterocycles. The van der Waals surface area contributed by atoms with Crippen molar-refractivity contribution in [2.75, 3.05) is 5.32 Å². The SMILES string of the molecule is OC1CCCC1Nc1ccccc1. The zero-order valence-corrected chi connectivity index (χ0v) is 7.61. The topological polar surface area (TPSA) is 32.3 Å². The number of hydrogen-bond acceptors (Lipinski definition) is 2. The number of anilines is 1. The molecule has 0 heterocycles. The van der Waals surface area contributed by atoms with Crippen LogP contribution in [0.2, 0.25) is 0 Å². The van der Waals surface area contributed by atoms with Crippen molar-refractivity contribution in [3.8, 4) is 0 Å². The van der Waals surface area contributed by atoms with Crippen LogP contribution in [-0.2, 0) is 0 Å². The Morgan fingerprint density at radius 3 is 2.54 bits per heavy atom. The Morgan fingerprint density at radius 2 is 1.92 bits per heavy atom. The fraction of sp³-hybridized carbons (Fsp3) is 0.455. The minimum Gasteiger partial charge on any atom is -0.391 e. The molecule has 2 rings (SSSR count). The molecule has 2 unspecified atom stereocenters. The fourth-order valence-corrected chi connectivity index (χ4v) is 1.86. The van der Waals surface area contributed by atoms with E-state index in [9.17, 15) is 5.11 Å². The summed E-state index contributed by atoms with van der Waals surface area (Å²) in [6.07, 6.45) is 2.98. The predicted molar refractivity (Wildman–Crippen MR) is 53.7 cm³/mol. The molecule has 2 atom stereocenters. The second-order valence-electron chi connectivity index (χ2n) is 3.62. The first-order valence-electron chi connectivity index (χ1n) is 4.86. The molecule has 1 aromatic carbocycles. The number of benzene rings is 1. The zero-order chi connectivity index (χ0) is 9.10. The molecule has 0 saturated heterocycles. The van der Waals surface area contributed by atoms with Crippen LogP contribution < -0.4 is 5.32 Å². The zero-order valence-electron chi connectivity index (χ0n) is 7.61. The highest BCUT2D eigenvalue weighted by Crippen LogP contribution is 2.22. The third-order valence-electron chi connectivity index (χ3n) is 2.61. The Bertz CT molecular complexity index is 260. The summed E-state index contributed by atoms with van der Waals surface area (Å²) in [5, 5.41) is 12.9. The van der Waals surface area contributed by atoms with Crippen LogP contribution in [0, 0.1) is 0 Å². The van der Waals surface area contributed by atoms with E-state index in [0.717, 1.165) is 24.9 Å². The Morgan fingerprint density at radius 1 is 1.15 bits per heavy atom. The summed E-state index contributed by atoms with van der Waals surface area (Å²) in [7, 11) is 0. The molecule has 2 heteroatoms. The van der Waals surface area contributed by atoms with Crippen molar-refractivity contribution in [2.24, 2.45) is 0 Å². The lowest BCUT2D eigenvalue weighted by Gasteiger charge is -2.17. The minimum absolute atomic E-state index is 0.166. The second-order valence-corrected chi connectivity index (χ2v) is 3.62. The summed E-state index contributed by atoms with van der Waals surface area (Å²) < 4.78 is 0. The van der Waals surface area contributed by atoms with E-state index in [1.54, 1.807) is 0 Å². The van der Waals surface area contributed by atoms with Crippen molar-refractivity contribution in [2.45, 2.75) is 31.4 Å². The standard InChI is InChI=1S/C11H15NO/c13-11-8-4-7-10(11)12-9-5-2-1-3-6-9/h1-3,5-6,10-13H,4,7-8H2. The van der Waals surface area contributed by atoms with Gasteiger partial charge in [0.1, 0.15) is 0 Å². The molecule has 1 aliphatic rings. The van der Waals surface area contributed by atoms with E-state index in [4.69, 9.17) is 0 Å². The maximum atomic E-state index is 9.59. The summed E-state index contributed by atoms with van der Waals surface area (Å²) in [5.41, 5.74) is 1.11. The molecular formula is C11H15NO. The van der Waals surface area contributed by atoms with Gasteiger partial charge in [0.2, 0.25) is 0 Å². The molecule has 2 nitrogen and oxygen atoms in total. The number of rotatable bonds is 2. The number of hydrogen-bond donors (Lipinski definition) is 2. The van der Waals surface area contributed by atoms with Gasteiger partial charge in [0.15, 0.2) is 0 Å². The van der Waals surface area contributed by atoms with Crippen LogP contribution in [0.3, 0.4) is 0 Å². The largest absolute Gasteiger partial charge is 0.391 e. The molecular weight excluding hydrogens is 162 g/mol. The average molecular weight is 177 g/mol. The maximum Gasteiger partial charge on any atom is 0.0741 e. The van der Waals surface area contributed by atoms with E-state index in [1.807, 2.05) is 30.3 Å². The van der Waals surface area contributed by atoms with E-state index in [0.29, 0.717) is 0 Å². The molecule has 0 bridgehead atoms. The van der Waals surface area contributed by atoms with E-state index in [1.165, 1.54) is 0 Å². The van der Waals surface area contributed by atoms with Crippen molar-refractivity contribution < 1.29 is 5.11 Å². The Hall–Kier alpha value is -1.02. The van der Waals surface area contributed by atoms with Gasteiger partial charge >= 0.3 is 0 Å². The lowest BCUT2D eigenvalue weighted by Crippen LogP contribution is -2.27. The van der Waals surface area contributed by atoms with Crippen molar-refractivity contribution in [1.82, 2.24) is 0 Å². The van der Waals surface area contributed by atoms with Gasteiger partial charge in [-0.3, -0.25) is 0 Å². The minimum atomic E-state index is -0.166. The molecule has 1 aliphatic carbocycles. The maximum absolute atomic E-state index is 9.59. The van der Waals surface area contributed by atoms with Gasteiger partial charge in [0.05, 0.1) is 12.1 Å². The normalized spacial score (nSPS) is 27.5. The van der Waals surface area contributed by atoms with Crippen LogP contribution in [0.15, 0.2) is 30.3 Å². The highest BCUT2D eigenvalue weighted by molar-refractivity contribution is 5.43. The van der Waals surface area contributed by atoms with E-state index in [2.05, 4.69) is 5.32 Å². The highest BCUT2D eigenvalue weighted by atomic mass is 16.3. The van der Waals surface area contributed by atoms with Gasteiger partial charge < -0.3 is 10.4 Å². The van der Waals surface area contributed by atoms with Crippen LogP contribution in [0.1, 0.15) is 19.3 Å². The van der Waals surface area contributed by atoms with Gasteiger partial charge in [-0.1, -0.05) is 18.2 Å². The summed E-state index contributed by atoms with van der Waals surface area (Å²) in [5.74, 6) is 0. The van der Waals surface area contributed by atoms with Gasteiger partial charge in [0, 0.05) is 5.69 Å². The summed E-state index contributed by atoms with van der Waals surface area (Å²) in [4.78, 5) is 0. The predicted octanol–water partition coefficient (Wildman–Crippen LogP) is 2.01. The first-order valence-corrected chi connectivity index (χ1v) is 4.86. The van der Waals surface area contributed by atoms with Gasteiger partial charge in [-0.05, 0) is 31.4 Å². The van der Waals surface area contributed by atoms with Gasteiger partial charge in [-0.15, -0.1) is 0 Å². The first-order chi connectivity index (χ1) is 6.36. The Kier molecular flexibility index (Phi) is 2.50. The van der Waals surface area contributed by atoms with Crippen molar-refractivity contribution in [1.29, 1.82) is 0 Å². The van der Waals surface area contributed by atoms with Crippen molar-refractivity contribution in [3.63, 3.8) is 0 Å². The number of nitrogens with one attached hydrogen (secondary N) is 1. The van der Waals surface area contributed by atoms with Crippen molar-refractivity contribution >= 4 is 5.69 Å². The van der Waals surface area contributed by atoms with Gasteiger partial charge in [-0.25, -0.2) is 0 Å².